The van der Waals surface area contributed by atoms with Gasteiger partial charge in [-0.05, 0) is 37.4 Å². The Morgan fingerprint density at radius 3 is 2.94 bits per heavy atom. The molecular weight excluding hydrogens is 260 g/mol. The predicted molar refractivity (Wildman–Crippen MR) is 70.1 cm³/mol. The highest BCUT2D eigenvalue weighted by Crippen LogP contribution is 2.25. The average molecular weight is 276 g/mol. The van der Waals surface area contributed by atoms with Crippen LogP contribution >= 0.6 is 23.2 Å². The van der Waals surface area contributed by atoms with Crippen LogP contribution in [0.5, 0.6) is 0 Å². The Morgan fingerprint density at radius 2 is 2.24 bits per heavy atom. The molecule has 94 valence electrons. The van der Waals surface area contributed by atoms with Crippen LogP contribution in [-0.4, -0.2) is 23.9 Å². The van der Waals surface area contributed by atoms with Crippen molar-refractivity contribution < 1.29 is 4.39 Å². The van der Waals surface area contributed by atoms with Gasteiger partial charge in [0.05, 0.1) is 0 Å². The van der Waals surface area contributed by atoms with Crippen molar-refractivity contribution in [3.63, 3.8) is 0 Å². The highest BCUT2D eigenvalue weighted by molar-refractivity contribution is 6.31. The van der Waals surface area contributed by atoms with Crippen LogP contribution in [0.15, 0.2) is 18.2 Å². The largest absolute Gasteiger partial charge is 0.299 e. The maximum atomic E-state index is 13.6. The normalized spacial score (nSPS) is 21.0. The van der Waals surface area contributed by atoms with Crippen molar-refractivity contribution in [2.75, 3.05) is 19.0 Å². The SMILES string of the molecule is Fc1cccc(Cl)c1CN1CCC(CCCl)C1. The molecule has 0 aromatic heterocycles. The van der Waals surface area contributed by atoms with E-state index < -0.39 is 0 Å². The molecule has 1 saturated heterocycles. The maximum Gasteiger partial charge on any atom is 0.129 e. The Balaban J connectivity index is 1.98. The van der Waals surface area contributed by atoms with E-state index in [0.717, 1.165) is 25.9 Å². The van der Waals surface area contributed by atoms with Crippen molar-refractivity contribution in [3.8, 4) is 0 Å². The zero-order valence-electron chi connectivity index (χ0n) is 9.63. The molecule has 4 heteroatoms. The van der Waals surface area contributed by atoms with Gasteiger partial charge >= 0.3 is 0 Å². The van der Waals surface area contributed by atoms with Crippen LogP contribution in [0, 0.1) is 11.7 Å². The molecule has 1 unspecified atom stereocenters. The third-order valence-corrected chi connectivity index (χ3v) is 3.90. The fourth-order valence-electron chi connectivity index (χ4n) is 2.35. The number of halogens is 3. The molecule has 1 fully saturated rings. The molecule has 0 saturated carbocycles. The first-order chi connectivity index (χ1) is 8.20. The lowest BCUT2D eigenvalue weighted by atomic mass is 10.1. The second-order valence-corrected chi connectivity index (χ2v) is 5.35. The smallest absolute Gasteiger partial charge is 0.129 e. The van der Waals surface area contributed by atoms with Gasteiger partial charge in [0.2, 0.25) is 0 Å². The molecule has 17 heavy (non-hydrogen) atoms. The van der Waals surface area contributed by atoms with Crippen LogP contribution in [-0.2, 0) is 6.54 Å². The number of likely N-dealkylation sites (tertiary alicyclic amines) is 1. The summed E-state index contributed by atoms with van der Waals surface area (Å²) in [6, 6.07) is 4.85. The van der Waals surface area contributed by atoms with Crippen molar-refractivity contribution in [3.05, 3.63) is 34.6 Å². The van der Waals surface area contributed by atoms with Gasteiger partial charge in [-0.25, -0.2) is 4.39 Å². The van der Waals surface area contributed by atoms with E-state index in [0.29, 0.717) is 28.9 Å². The van der Waals surface area contributed by atoms with Crippen molar-refractivity contribution in [2.45, 2.75) is 19.4 Å². The molecule has 0 spiro atoms. The molecular formula is C13H16Cl2FN. The molecule has 0 amide bonds. The second kappa shape index (κ2) is 6.03. The van der Waals surface area contributed by atoms with Crippen LogP contribution in [0.25, 0.3) is 0 Å². The third-order valence-electron chi connectivity index (χ3n) is 3.33. The average Bonchev–Trinajstić information content (AvgIpc) is 2.72. The summed E-state index contributed by atoms with van der Waals surface area (Å²) in [5.41, 5.74) is 0.612. The Labute approximate surface area is 112 Å². The quantitative estimate of drug-likeness (QED) is 0.753. The van der Waals surface area contributed by atoms with Gasteiger partial charge in [-0.15, -0.1) is 11.6 Å². The fourth-order valence-corrected chi connectivity index (χ4v) is 2.88. The van der Waals surface area contributed by atoms with E-state index in [1.54, 1.807) is 12.1 Å². The lowest BCUT2D eigenvalue weighted by Gasteiger charge is -2.17. The topological polar surface area (TPSA) is 3.24 Å². The van der Waals surface area contributed by atoms with E-state index in [-0.39, 0.29) is 5.82 Å². The third kappa shape index (κ3) is 3.34. The van der Waals surface area contributed by atoms with Gasteiger partial charge < -0.3 is 0 Å². The van der Waals surface area contributed by atoms with Gasteiger partial charge in [-0.3, -0.25) is 4.90 Å². The molecule has 1 aromatic rings. The van der Waals surface area contributed by atoms with E-state index in [2.05, 4.69) is 4.90 Å². The minimum absolute atomic E-state index is 0.210. The summed E-state index contributed by atoms with van der Waals surface area (Å²) in [6.45, 7) is 2.61. The summed E-state index contributed by atoms with van der Waals surface area (Å²) < 4.78 is 13.6. The zero-order chi connectivity index (χ0) is 12.3. The number of alkyl halides is 1. The van der Waals surface area contributed by atoms with Crippen LogP contribution in [0.3, 0.4) is 0 Å². The first-order valence-corrected chi connectivity index (χ1v) is 6.83. The molecule has 1 aliphatic rings. The van der Waals surface area contributed by atoms with Gasteiger partial charge in [0.15, 0.2) is 0 Å². The van der Waals surface area contributed by atoms with Crippen LogP contribution in [0.1, 0.15) is 18.4 Å². The highest BCUT2D eigenvalue weighted by Gasteiger charge is 2.23. The standard InChI is InChI=1S/C13H16Cl2FN/c14-6-4-10-5-7-17(8-10)9-11-12(15)2-1-3-13(11)16/h1-3,10H,4-9H2. The zero-order valence-corrected chi connectivity index (χ0v) is 11.1. The second-order valence-electron chi connectivity index (χ2n) is 4.57. The summed E-state index contributed by atoms with van der Waals surface area (Å²) >= 11 is 11.8. The van der Waals surface area contributed by atoms with Crippen molar-refractivity contribution >= 4 is 23.2 Å². The van der Waals surface area contributed by atoms with Gasteiger partial charge in [-0.1, -0.05) is 17.7 Å². The molecule has 1 aromatic carbocycles. The minimum Gasteiger partial charge on any atom is -0.299 e. The Kier molecular flexibility index (Phi) is 4.66. The molecule has 1 aliphatic heterocycles. The Bertz CT molecular complexity index is 363. The number of hydrogen-bond acceptors (Lipinski definition) is 1. The van der Waals surface area contributed by atoms with Crippen LogP contribution < -0.4 is 0 Å². The molecule has 0 aliphatic carbocycles. The van der Waals surface area contributed by atoms with Crippen LogP contribution in [0.4, 0.5) is 4.39 Å². The predicted octanol–water partition coefficient (Wildman–Crippen LogP) is 3.93. The molecule has 1 atom stereocenters. The van der Waals surface area contributed by atoms with Crippen LogP contribution in [0.2, 0.25) is 5.02 Å². The number of rotatable bonds is 4. The van der Waals surface area contributed by atoms with Gasteiger partial charge in [0, 0.05) is 29.6 Å². The molecule has 1 nitrogen and oxygen atoms in total. The summed E-state index contributed by atoms with van der Waals surface area (Å²) in [5, 5.41) is 0.519. The van der Waals surface area contributed by atoms with Crippen molar-refractivity contribution in [1.29, 1.82) is 0 Å². The fraction of sp³-hybridized carbons (Fsp3) is 0.538. The maximum absolute atomic E-state index is 13.6. The highest BCUT2D eigenvalue weighted by atomic mass is 35.5. The lowest BCUT2D eigenvalue weighted by molar-refractivity contribution is 0.310. The summed E-state index contributed by atoms with van der Waals surface area (Å²) in [7, 11) is 0. The summed E-state index contributed by atoms with van der Waals surface area (Å²) in [5.74, 6) is 1.15. The van der Waals surface area contributed by atoms with E-state index >= 15 is 0 Å². The lowest BCUT2D eigenvalue weighted by Crippen LogP contribution is -2.21. The van der Waals surface area contributed by atoms with Gasteiger partial charge in [-0.2, -0.15) is 0 Å². The van der Waals surface area contributed by atoms with E-state index in [9.17, 15) is 4.39 Å². The number of benzene rings is 1. The summed E-state index contributed by atoms with van der Waals surface area (Å²) in [6.07, 6.45) is 2.20. The molecule has 0 bridgehead atoms. The van der Waals surface area contributed by atoms with Gasteiger partial charge in [0.1, 0.15) is 5.82 Å². The van der Waals surface area contributed by atoms with E-state index in [1.165, 1.54) is 6.07 Å². The molecule has 2 rings (SSSR count). The van der Waals surface area contributed by atoms with Crippen molar-refractivity contribution in [1.82, 2.24) is 4.90 Å². The summed E-state index contributed by atoms with van der Waals surface area (Å²) in [4.78, 5) is 2.25. The molecule has 0 radical (unpaired) electrons. The monoisotopic (exact) mass is 275 g/mol. The van der Waals surface area contributed by atoms with E-state index in [4.69, 9.17) is 23.2 Å². The first-order valence-electron chi connectivity index (χ1n) is 5.92. The Hall–Kier alpha value is -0.310. The van der Waals surface area contributed by atoms with E-state index in [1.807, 2.05) is 0 Å². The molecule has 0 N–H and O–H groups in total. The molecule has 1 heterocycles. The van der Waals surface area contributed by atoms with Gasteiger partial charge in [0.25, 0.3) is 0 Å². The number of hydrogen-bond donors (Lipinski definition) is 0. The minimum atomic E-state index is -0.210. The van der Waals surface area contributed by atoms with Crippen molar-refractivity contribution in [2.24, 2.45) is 5.92 Å². The Morgan fingerprint density at radius 1 is 1.41 bits per heavy atom. The first kappa shape index (κ1) is 13.1. The number of nitrogens with zero attached hydrogens (tertiary/aromatic N) is 1.